The fraction of sp³-hybridized carbons (Fsp3) is 0.500. The summed E-state index contributed by atoms with van der Waals surface area (Å²) in [6, 6.07) is 3.10. The minimum atomic E-state index is -0.455. The first-order valence-electron chi connectivity index (χ1n) is 8.35. The summed E-state index contributed by atoms with van der Waals surface area (Å²) in [5.41, 5.74) is 1.15. The zero-order valence-corrected chi connectivity index (χ0v) is 14.7. The zero-order valence-electron chi connectivity index (χ0n) is 14.7. The number of nitrogens with zero attached hydrogens (tertiary/aromatic N) is 2. The maximum absolute atomic E-state index is 12.7. The van der Waals surface area contributed by atoms with Gasteiger partial charge in [0, 0.05) is 18.4 Å². The molecule has 0 aromatic carbocycles. The van der Waals surface area contributed by atoms with Gasteiger partial charge in [-0.05, 0) is 31.9 Å². The first kappa shape index (κ1) is 18.1. The first-order valence-corrected chi connectivity index (χ1v) is 8.35. The second-order valence-corrected chi connectivity index (χ2v) is 6.13. The average molecular weight is 331 g/mol. The number of aliphatic hydroxyl groups is 1. The van der Waals surface area contributed by atoms with E-state index in [-0.39, 0.29) is 29.6 Å². The number of pyridine rings is 2. The van der Waals surface area contributed by atoms with Gasteiger partial charge in [-0.1, -0.05) is 20.3 Å². The molecule has 2 unspecified atom stereocenters. The van der Waals surface area contributed by atoms with Gasteiger partial charge in [-0.3, -0.25) is 9.59 Å². The van der Waals surface area contributed by atoms with Crippen LogP contribution in [0, 0.1) is 12.8 Å². The smallest absolute Gasteiger partial charge is 0.257 e. The van der Waals surface area contributed by atoms with Gasteiger partial charge in [0.25, 0.3) is 5.91 Å². The Morgan fingerprint density at radius 2 is 2.08 bits per heavy atom. The topological polar surface area (TPSA) is 84.2 Å². The first-order chi connectivity index (χ1) is 11.4. The second kappa shape index (κ2) is 7.57. The number of aliphatic hydroxyl groups excluding tert-OH is 1. The molecule has 2 aromatic heterocycles. The van der Waals surface area contributed by atoms with Crippen LogP contribution in [-0.2, 0) is 6.54 Å². The number of fused-ring (bicyclic) bond motifs is 1. The van der Waals surface area contributed by atoms with E-state index in [0.29, 0.717) is 17.6 Å². The van der Waals surface area contributed by atoms with Crippen LogP contribution in [0.5, 0.6) is 0 Å². The third-order valence-electron chi connectivity index (χ3n) is 4.49. The summed E-state index contributed by atoms with van der Waals surface area (Å²) >= 11 is 0. The molecular weight excluding hydrogens is 306 g/mol. The van der Waals surface area contributed by atoms with Crippen LogP contribution in [0.3, 0.4) is 0 Å². The van der Waals surface area contributed by atoms with E-state index in [1.54, 1.807) is 22.9 Å². The molecule has 2 atom stereocenters. The highest BCUT2D eigenvalue weighted by molar-refractivity contribution is 5.97. The number of carbonyl (C=O) groups is 1. The molecule has 0 aliphatic rings. The molecule has 130 valence electrons. The quantitative estimate of drug-likeness (QED) is 0.846. The maximum atomic E-state index is 12.7. The Hall–Kier alpha value is -2.21. The Labute approximate surface area is 141 Å². The molecule has 0 fully saturated rings. The molecule has 24 heavy (non-hydrogen) atoms. The fourth-order valence-electron chi connectivity index (χ4n) is 2.66. The number of hydrogen-bond donors (Lipinski definition) is 2. The average Bonchev–Trinajstić information content (AvgIpc) is 2.59. The molecule has 2 rings (SSSR count). The van der Waals surface area contributed by atoms with Crippen molar-refractivity contribution in [1.29, 1.82) is 0 Å². The van der Waals surface area contributed by atoms with E-state index >= 15 is 0 Å². The Balaban J connectivity index is 2.49. The lowest BCUT2D eigenvalue weighted by molar-refractivity contribution is 0.0890. The van der Waals surface area contributed by atoms with Crippen molar-refractivity contribution >= 4 is 16.9 Å². The van der Waals surface area contributed by atoms with E-state index in [1.807, 2.05) is 27.7 Å². The standard InChI is InChI=1S/C18H25N3O3/c1-5-11(3)15(10-22)20-18(24)14-9-21(6-2)17-13(16(14)23)8-7-12(4)19-17/h7-9,11,15,22H,5-6,10H2,1-4H3,(H,20,24). The number of aryl methyl sites for hydroxylation is 2. The number of carbonyl (C=O) groups excluding carboxylic acids is 1. The molecule has 2 aromatic rings. The van der Waals surface area contributed by atoms with E-state index < -0.39 is 5.91 Å². The molecule has 0 spiro atoms. The molecule has 0 radical (unpaired) electrons. The number of rotatable bonds is 6. The Morgan fingerprint density at radius 1 is 1.38 bits per heavy atom. The molecule has 0 aliphatic carbocycles. The van der Waals surface area contributed by atoms with Gasteiger partial charge in [0.1, 0.15) is 11.2 Å². The van der Waals surface area contributed by atoms with Gasteiger partial charge in [0.2, 0.25) is 5.43 Å². The van der Waals surface area contributed by atoms with E-state index in [4.69, 9.17) is 0 Å². The molecule has 6 heteroatoms. The van der Waals surface area contributed by atoms with Crippen LogP contribution in [-0.4, -0.2) is 33.2 Å². The van der Waals surface area contributed by atoms with Crippen LogP contribution < -0.4 is 10.7 Å². The number of aromatic nitrogens is 2. The van der Waals surface area contributed by atoms with Gasteiger partial charge in [-0.15, -0.1) is 0 Å². The van der Waals surface area contributed by atoms with Gasteiger partial charge in [0.05, 0.1) is 18.0 Å². The summed E-state index contributed by atoms with van der Waals surface area (Å²) in [6.07, 6.45) is 2.38. The monoisotopic (exact) mass is 331 g/mol. The maximum Gasteiger partial charge on any atom is 0.257 e. The largest absolute Gasteiger partial charge is 0.394 e. The lowest BCUT2D eigenvalue weighted by atomic mass is 9.99. The van der Waals surface area contributed by atoms with Crippen molar-refractivity contribution in [2.45, 2.75) is 46.7 Å². The SMILES string of the molecule is CCC(C)C(CO)NC(=O)c1cn(CC)c2nc(C)ccc2c1=O. The van der Waals surface area contributed by atoms with Crippen LogP contribution in [0.25, 0.3) is 11.0 Å². The highest BCUT2D eigenvalue weighted by Gasteiger charge is 2.21. The molecule has 2 N–H and O–H groups in total. The highest BCUT2D eigenvalue weighted by Crippen LogP contribution is 2.12. The molecular formula is C18H25N3O3. The molecule has 0 bridgehead atoms. The van der Waals surface area contributed by atoms with Crippen LogP contribution >= 0.6 is 0 Å². The van der Waals surface area contributed by atoms with Crippen molar-refractivity contribution in [3.8, 4) is 0 Å². The second-order valence-electron chi connectivity index (χ2n) is 6.13. The molecule has 0 aliphatic heterocycles. The van der Waals surface area contributed by atoms with Crippen molar-refractivity contribution < 1.29 is 9.90 Å². The lowest BCUT2D eigenvalue weighted by Crippen LogP contribution is -2.43. The van der Waals surface area contributed by atoms with Gasteiger partial charge >= 0.3 is 0 Å². The Bertz CT molecular complexity index is 798. The van der Waals surface area contributed by atoms with Crippen molar-refractivity contribution in [3.05, 3.63) is 39.8 Å². The molecule has 6 nitrogen and oxygen atoms in total. The Kier molecular flexibility index (Phi) is 5.72. The van der Waals surface area contributed by atoms with Gasteiger partial charge in [0.15, 0.2) is 0 Å². The number of hydrogen-bond acceptors (Lipinski definition) is 4. The van der Waals surface area contributed by atoms with Crippen molar-refractivity contribution in [1.82, 2.24) is 14.9 Å². The number of amides is 1. The van der Waals surface area contributed by atoms with E-state index in [1.165, 1.54) is 0 Å². The molecule has 1 amide bonds. The van der Waals surface area contributed by atoms with Crippen LogP contribution in [0.4, 0.5) is 0 Å². The minimum Gasteiger partial charge on any atom is -0.394 e. The Morgan fingerprint density at radius 3 is 2.67 bits per heavy atom. The summed E-state index contributed by atoms with van der Waals surface area (Å²) in [4.78, 5) is 29.7. The van der Waals surface area contributed by atoms with Crippen LogP contribution in [0.1, 0.15) is 43.2 Å². The van der Waals surface area contributed by atoms with Crippen LogP contribution in [0.15, 0.2) is 23.1 Å². The summed E-state index contributed by atoms with van der Waals surface area (Å²) in [6.45, 7) is 8.19. The zero-order chi connectivity index (χ0) is 17.9. The minimum absolute atomic E-state index is 0.0803. The third kappa shape index (κ3) is 3.48. The fourth-order valence-corrected chi connectivity index (χ4v) is 2.66. The van der Waals surface area contributed by atoms with Crippen molar-refractivity contribution in [2.24, 2.45) is 5.92 Å². The van der Waals surface area contributed by atoms with E-state index in [9.17, 15) is 14.7 Å². The third-order valence-corrected chi connectivity index (χ3v) is 4.49. The summed E-state index contributed by atoms with van der Waals surface area (Å²) < 4.78 is 1.80. The van der Waals surface area contributed by atoms with E-state index in [0.717, 1.165) is 12.1 Å². The van der Waals surface area contributed by atoms with Gasteiger partial charge < -0.3 is 15.0 Å². The highest BCUT2D eigenvalue weighted by atomic mass is 16.3. The van der Waals surface area contributed by atoms with Crippen molar-refractivity contribution in [3.63, 3.8) is 0 Å². The molecule has 0 saturated carbocycles. The van der Waals surface area contributed by atoms with Gasteiger partial charge in [-0.2, -0.15) is 0 Å². The summed E-state index contributed by atoms with van der Waals surface area (Å²) in [5, 5.41) is 12.7. The lowest BCUT2D eigenvalue weighted by Gasteiger charge is -2.22. The van der Waals surface area contributed by atoms with E-state index in [2.05, 4.69) is 10.3 Å². The van der Waals surface area contributed by atoms with Crippen molar-refractivity contribution in [2.75, 3.05) is 6.61 Å². The van der Waals surface area contributed by atoms with Gasteiger partial charge in [-0.25, -0.2) is 4.98 Å². The predicted molar refractivity (Wildman–Crippen MR) is 94.2 cm³/mol. The van der Waals surface area contributed by atoms with Crippen LogP contribution in [0.2, 0.25) is 0 Å². The molecule has 2 heterocycles. The number of nitrogens with one attached hydrogen (secondary N) is 1. The molecule has 0 saturated heterocycles. The summed E-state index contributed by atoms with van der Waals surface area (Å²) in [5.74, 6) is -0.332. The normalized spacial score (nSPS) is 13.7. The predicted octanol–water partition coefficient (Wildman–Crippen LogP) is 1.86. The summed E-state index contributed by atoms with van der Waals surface area (Å²) in [7, 11) is 0.